The highest BCUT2D eigenvalue weighted by Crippen LogP contribution is 2.34. The number of nitrogens with one attached hydrogen (secondary N) is 1. The molecule has 0 bridgehead atoms. The van der Waals surface area contributed by atoms with Gasteiger partial charge in [0.1, 0.15) is 0 Å². The first-order chi connectivity index (χ1) is 14.5. The Bertz CT molecular complexity index is 1100. The fourth-order valence-electron chi connectivity index (χ4n) is 3.59. The SMILES string of the molecule is CC(=O)Nc1ccc(/C=C/C(=O)N2CCC(c3nc4cc(Cl)ccc4s3)CC2)cc1. The number of hydrogen-bond donors (Lipinski definition) is 1. The van der Waals surface area contributed by atoms with Crippen molar-refractivity contribution in [2.24, 2.45) is 0 Å². The van der Waals surface area contributed by atoms with Gasteiger partial charge in [-0.3, -0.25) is 9.59 Å². The molecule has 0 atom stereocenters. The summed E-state index contributed by atoms with van der Waals surface area (Å²) in [6, 6.07) is 13.2. The van der Waals surface area contributed by atoms with Crippen molar-refractivity contribution in [3.8, 4) is 0 Å². The van der Waals surface area contributed by atoms with Crippen molar-refractivity contribution in [3.05, 3.63) is 64.1 Å². The van der Waals surface area contributed by atoms with Crippen LogP contribution in [0, 0.1) is 0 Å². The number of nitrogens with zero attached hydrogens (tertiary/aromatic N) is 2. The Morgan fingerprint density at radius 1 is 1.17 bits per heavy atom. The number of anilines is 1. The van der Waals surface area contributed by atoms with E-state index in [0.717, 1.165) is 52.4 Å². The molecule has 0 saturated carbocycles. The van der Waals surface area contributed by atoms with Gasteiger partial charge in [-0.05, 0) is 54.8 Å². The van der Waals surface area contributed by atoms with Gasteiger partial charge < -0.3 is 10.2 Å². The summed E-state index contributed by atoms with van der Waals surface area (Å²) in [7, 11) is 0. The van der Waals surface area contributed by atoms with E-state index in [2.05, 4.69) is 5.32 Å². The van der Waals surface area contributed by atoms with Gasteiger partial charge in [0, 0.05) is 42.7 Å². The Morgan fingerprint density at radius 3 is 2.60 bits per heavy atom. The minimum absolute atomic E-state index is 0.0236. The molecule has 2 amide bonds. The molecule has 0 radical (unpaired) electrons. The maximum absolute atomic E-state index is 12.6. The number of amides is 2. The Labute approximate surface area is 184 Å². The van der Waals surface area contributed by atoms with Gasteiger partial charge in [0.15, 0.2) is 0 Å². The minimum atomic E-state index is -0.105. The molecule has 2 heterocycles. The standard InChI is InChI=1S/C23H22ClN3O2S/c1-15(28)25-19-6-2-16(3-7-19)4-9-22(29)27-12-10-17(11-13-27)23-26-20-14-18(24)5-8-21(20)30-23/h2-9,14,17H,10-13H2,1H3,(H,25,28)/b9-4+. The van der Waals surface area contributed by atoms with Gasteiger partial charge in [-0.25, -0.2) is 4.98 Å². The Hall–Kier alpha value is -2.70. The number of likely N-dealkylation sites (tertiary alicyclic amines) is 1. The lowest BCUT2D eigenvalue weighted by atomic mass is 9.97. The van der Waals surface area contributed by atoms with Crippen LogP contribution in [-0.2, 0) is 9.59 Å². The maximum atomic E-state index is 12.6. The normalized spacial score (nSPS) is 15.1. The van der Waals surface area contributed by atoms with Gasteiger partial charge in [0.05, 0.1) is 15.2 Å². The number of hydrogen-bond acceptors (Lipinski definition) is 4. The van der Waals surface area contributed by atoms with Gasteiger partial charge in [0.2, 0.25) is 11.8 Å². The molecule has 4 rings (SSSR count). The molecule has 1 saturated heterocycles. The van der Waals surface area contributed by atoms with Gasteiger partial charge in [0.25, 0.3) is 0 Å². The predicted octanol–water partition coefficient (Wildman–Crippen LogP) is 5.33. The number of halogens is 1. The van der Waals surface area contributed by atoms with Crippen molar-refractivity contribution in [2.45, 2.75) is 25.7 Å². The number of rotatable bonds is 4. The van der Waals surface area contributed by atoms with Gasteiger partial charge in [-0.2, -0.15) is 0 Å². The van der Waals surface area contributed by atoms with E-state index in [4.69, 9.17) is 16.6 Å². The summed E-state index contributed by atoms with van der Waals surface area (Å²) in [5.74, 6) is 0.303. The highest BCUT2D eigenvalue weighted by molar-refractivity contribution is 7.18. The Morgan fingerprint density at radius 2 is 1.90 bits per heavy atom. The van der Waals surface area contributed by atoms with Crippen molar-refractivity contribution in [1.82, 2.24) is 9.88 Å². The lowest BCUT2D eigenvalue weighted by Crippen LogP contribution is -2.36. The van der Waals surface area contributed by atoms with Crippen molar-refractivity contribution >= 4 is 56.7 Å². The van der Waals surface area contributed by atoms with Crippen LogP contribution in [0.1, 0.15) is 36.3 Å². The van der Waals surface area contributed by atoms with Crippen LogP contribution in [0.15, 0.2) is 48.5 Å². The monoisotopic (exact) mass is 439 g/mol. The zero-order valence-electron chi connectivity index (χ0n) is 16.6. The number of carbonyl (C=O) groups is 2. The molecule has 0 aliphatic carbocycles. The quantitative estimate of drug-likeness (QED) is 0.559. The summed E-state index contributed by atoms with van der Waals surface area (Å²) >= 11 is 7.79. The van der Waals surface area contributed by atoms with Crippen LogP contribution in [0.2, 0.25) is 5.02 Å². The number of piperidine rings is 1. The van der Waals surface area contributed by atoms with Crippen LogP contribution in [0.4, 0.5) is 5.69 Å². The van der Waals surface area contributed by atoms with E-state index < -0.39 is 0 Å². The fourth-order valence-corrected chi connectivity index (χ4v) is 4.88. The van der Waals surface area contributed by atoms with Crippen LogP contribution in [0.3, 0.4) is 0 Å². The molecule has 30 heavy (non-hydrogen) atoms. The van der Waals surface area contributed by atoms with Gasteiger partial charge >= 0.3 is 0 Å². The highest BCUT2D eigenvalue weighted by Gasteiger charge is 2.25. The van der Waals surface area contributed by atoms with Crippen molar-refractivity contribution in [3.63, 3.8) is 0 Å². The van der Waals surface area contributed by atoms with E-state index in [9.17, 15) is 9.59 Å². The molecule has 1 aliphatic heterocycles. The molecule has 1 N–H and O–H groups in total. The average Bonchev–Trinajstić information content (AvgIpc) is 3.16. The third kappa shape index (κ3) is 4.89. The summed E-state index contributed by atoms with van der Waals surface area (Å²) in [6.07, 6.45) is 5.26. The molecule has 1 aromatic heterocycles. The first kappa shape index (κ1) is 20.6. The Balaban J connectivity index is 1.33. The molecule has 3 aromatic rings. The summed E-state index contributed by atoms with van der Waals surface area (Å²) in [5, 5.41) is 4.57. The zero-order valence-corrected chi connectivity index (χ0v) is 18.2. The smallest absolute Gasteiger partial charge is 0.246 e. The van der Waals surface area contributed by atoms with E-state index in [1.54, 1.807) is 17.4 Å². The van der Waals surface area contributed by atoms with E-state index >= 15 is 0 Å². The van der Waals surface area contributed by atoms with E-state index in [-0.39, 0.29) is 11.8 Å². The summed E-state index contributed by atoms with van der Waals surface area (Å²) in [4.78, 5) is 30.3. The molecule has 5 nitrogen and oxygen atoms in total. The number of fused-ring (bicyclic) bond motifs is 1. The molecule has 1 fully saturated rings. The second-order valence-electron chi connectivity index (χ2n) is 7.40. The largest absolute Gasteiger partial charge is 0.339 e. The van der Waals surface area contributed by atoms with Crippen LogP contribution < -0.4 is 5.32 Å². The van der Waals surface area contributed by atoms with Crippen LogP contribution in [0.5, 0.6) is 0 Å². The van der Waals surface area contributed by atoms with Crippen molar-refractivity contribution < 1.29 is 9.59 Å². The third-order valence-corrected chi connectivity index (χ3v) is 6.61. The first-order valence-electron chi connectivity index (χ1n) is 9.88. The lowest BCUT2D eigenvalue weighted by Gasteiger charge is -2.30. The number of benzene rings is 2. The van der Waals surface area contributed by atoms with Crippen molar-refractivity contribution in [1.29, 1.82) is 0 Å². The van der Waals surface area contributed by atoms with Crippen LogP contribution in [-0.4, -0.2) is 34.8 Å². The number of aromatic nitrogens is 1. The molecular weight excluding hydrogens is 418 g/mol. The second kappa shape index (κ2) is 8.98. The molecular formula is C23H22ClN3O2S. The molecule has 7 heteroatoms. The molecule has 154 valence electrons. The van der Waals surface area contributed by atoms with Crippen molar-refractivity contribution in [2.75, 3.05) is 18.4 Å². The lowest BCUT2D eigenvalue weighted by molar-refractivity contribution is -0.127. The molecule has 1 aliphatic rings. The topological polar surface area (TPSA) is 62.3 Å². The van der Waals surface area contributed by atoms with Crippen LogP contribution in [0.25, 0.3) is 16.3 Å². The molecule has 2 aromatic carbocycles. The predicted molar refractivity (Wildman–Crippen MR) is 123 cm³/mol. The third-order valence-electron chi connectivity index (χ3n) is 5.17. The Kier molecular flexibility index (Phi) is 6.16. The maximum Gasteiger partial charge on any atom is 0.246 e. The van der Waals surface area contributed by atoms with Gasteiger partial charge in [-0.15, -0.1) is 11.3 Å². The minimum Gasteiger partial charge on any atom is -0.339 e. The second-order valence-corrected chi connectivity index (χ2v) is 8.90. The number of carbonyl (C=O) groups excluding carboxylic acids is 2. The van der Waals surface area contributed by atoms with Gasteiger partial charge in [-0.1, -0.05) is 23.7 Å². The van der Waals surface area contributed by atoms with Crippen LogP contribution >= 0.6 is 22.9 Å². The molecule has 0 unspecified atom stereocenters. The summed E-state index contributed by atoms with van der Waals surface area (Å²) < 4.78 is 1.15. The fraction of sp³-hybridized carbons (Fsp3) is 0.261. The average molecular weight is 440 g/mol. The molecule has 0 spiro atoms. The zero-order chi connectivity index (χ0) is 21.1. The first-order valence-corrected chi connectivity index (χ1v) is 11.1. The number of thiazole rings is 1. The van der Waals surface area contributed by atoms with E-state index in [0.29, 0.717) is 10.9 Å². The van der Waals surface area contributed by atoms with E-state index in [1.807, 2.05) is 53.4 Å². The van der Waals surface area contributed by atoms with E-state index in [1.165, 1.54) is 6.92 Å². The summed E-state index contributed by atoms with van der Waals surface area (Å²) in [5.41, 5.74) is 2.61. The summed E-state index contributed by atoms with van der Waals surface area (Å²) in [6.45, 7) is 2.93. The highest BCUT2D eigenvalue weighted by atomic mass is 35.5.